The quantitative estimate of drug-likeness (QED) is 0.663. The second-order valence-corrected chi connectivity index (χ2v) is 5.83. The van der Waals surface area contributed by atoms with Gasteiger partial charge in [0.15, 0.2) is 0 Å². The molecule has 0 N–H and O–H groups in total. The van der Waals surface area contributed by atoms with Gasteiger partial charge in [-0.15, -0.1) is 0 Å². The molecule has 0 spiro atoms. The summed E-state index contributed by atoms with van der Waals surface area (Å²) >= 11 is 0. The second kappa shape index (κ2) is 7.13. The first kappa shape index (κ1) is 16.0. The van der Waals surface area contributed by atoms with E-state index in [0.717, 1.165) is 22.4 Å². The minimum absolute atomic E-state index is 0.129. The van der Waals surface area contributed by atoms with Gasteiger partial charge in [0.05, 0.1) is 17.1 Å². The van der Waals surface area contributed by atoms with E-state index in [1.165, 1.54) is 0 Å². The molecule has 4 nitrogen and oxygen atoms in total. The number of rotatable bonds is 5. The van der Waals surface area contributed by atoms with Gasteiger partial charge in [0.1, 0.15) is 12.4 Å². The van der Waals surface area contributed by atoms with Crippen molar-refractivity contribution in [3.05, 3.63) is 66.0 Å². The Morgan fingerprint density at radius 3 is 2.54 bits per heavy atom. The summed E-state index contributed by atoms with van der Waals surface area (Å²) in [5.41, 5.74) is 2.87. The highest BCUT2D eigenvalue weighted by molar-refractivity contribution is 5.82. The van der Waals surface area contributed by atoms with Crippen LogP contribution in [0.25, 0.3) is 23.2 Å². The number of benzene rings is 2. The van der Waals surface area contributed by atoms with Crippen LogP contribution < -0.4 is 0 Å². The Balaban J connectivity index is 1.96. The minimum atomic E-state index is -0.262. The van der Waals surface area contributed by atoms with Gasteiger partial charge in [0.25, 0.3) is 0 Å². The van der Waals surface area contributed by atoms with Gasteiger partial charge in [0, 0.05) is 0 Å². The molecule has 0 amide bonds. The largest absolute Gasteiger partial charge is 0.462 e. The fourth-order valence-corrected chi connectivity index (χ4v) is 2.55. The fourth-order valence-electron chi connectivity index (χ4n) is 2.55. The predicted octanol–water partition coefficient (Wildman–Crippen LogP) is 4.16. The summed E-state index contributed by atoms with van der Waals surface area (Å²) in [6, 6.07) is 17.8. The lowest BCUT2D eigenvalue weighted by Gasteiger charge is -2.10. The standard InChI is InChI=1S/C20H20N2O2/c1-15(2)24-20(23)14-22-18-11-7-6-10-17(18)21-19(22)13-12-16-8-4-3-5-9-16/h3-13,15H,14H2,1-2H3/b13-12+. The Hall–Kier alpha value is -2.88. The number of esters is 1. The van der Waals surface area contributed by atoms with Crippen LogP contribution in [0.15, 0.2) is 54.6 Å². The highest BCUT2D eigenvalue weighted by atomic mass is 16.5. The Morgan fingerprint density at radius 1 is 1.08 bits per heavy atom. The van der Waals surface area contributed by atoms with Crippen molar-refractivity contribution >= 4 is 29.2 Å². The summed E-state index contributed by atoms with van der Waals surface area (Å²) < 4.78 is 7.17. The summed E-state index contributed by atoms with van der Waals surface area (Å²) in [6.07, 6.45) is 3.79. The highest BCUT2D eigenvalue weighted by Crippen LogP contribution is 2.18. The number of fused-ring (bicyclic) bond motifs is 1. The number of hydrogen-bond donors (Lipinski definition) is 0. The van der Waals surface area contributed by atoms with Crippen LogP contribution in [0.5, 0.6) is 0 Å². The molecular weight excluding hydrogens is 300 g/mol. The summed E-state index contributed by atoms with van der Waals surface area (Å²) in [6.45, 7) is 3.84. The van der Waals surface area contributed by atoms with Crippen LogP contribution in [-0.2, 0) is 16.1 Å². The first-order valence-corrected chi connectivity index (χ1v) is 8.01. The third kappa shape index (κ3) is 3.71. The molecule has 0 aliphatic rings. The SMILES string of the molecule is CC(C)OC(=O)Cn1c(/C=C/c2ccccc2)nc2ccccc21. The zero-order chi connectivity index (χ0) is 16.9. The fraction of sp³-hybridized carbons (Fsp3) is 0.200. The summed E-state index contributed by atoms with van der Waals surface area (Å²) in [5.74, 6) is 0.475. The normalized spacial score (nSPS) is 11.5. The molecule has 0 bridgehead atoms. The molecule has 1 heterocycles. The monoisotopic (exact) mass is 320 g/mol. The number of aromatic nitrogens is 2. The first-order chi connectivity index (χ1) is 11.6. The van der Waals surface area contributed by atoms with Gasteiger partial charge in [-0.3, -0.25) is 4.79 Å². The van der Waals surface area contributed by atoms with Crippen molar-refractivity contribution in [2.45, 2.75) is 26.5 Å². The topological polar surface area (TPSA) is 44.1 Å². The lowest BCUT2D eigenvalue weighted by molar-refractivity contribution is -0.148. The molecule has 24 heavy (non-hydrogen) atoms. The van der Waals surface area contributed by atoms with Gasteiger partial charge < -0.3 is 9.30 Å². The van der Waals surface area contributed by atoms with E-state index < -0.39 is 0 Å². The predicted molar refractivity (Wildman–Crippen MR) is 96.3 cm³/mol. The van der Waals surface area contributed by atoms with Crippen LogP contribution >= 0.6 is 0 Å². The number of hydrogen-bond acceptors (Lipinski definition) is 3. The van der Waals surface area contributed by atoms with Crippen LogP contribution in [0.4, 0.5) is 0 Å². The zero-order valence-electron chi connectivity index (χ0n) is 13.8. The van der Waals surface area contributed by atoms with Gasteiger partial charge >= 0.3 is 5.97 Å². The molecule has 3 aromatic rings. The van der Waals surface area contributed by atoms with Crippen molar-refractivity contribution in [3.63, 3.8) is 0 Å². The van der Waals surface area contributed by atoms with Crippen LogP contribution in [0.1, 0.15) is 25.2 Å². The van der Waals surface area contributed by atoms with Crippen LogP contribution in [0.2, 0.25) is 0 Å². The maximum Gasteiger partial charge on any atom is 0.326 e. The molecule has 4 heteroatoms. The van der Waals surface area contributed by atoms with Gasteiger partial charge in [0.2, 0.25) is 0 Å². The van der Waals surface area contributed by atoms with Gasteiger partial charge in [-0.1, -0.05) is 48.5 Å². The van der Waals surface area contributed by atoms with E-state index in [1.54, 1.807) is 0 Å². The molecule has 0 saturated carbocycles. The third-order valence-electron chi connectivity index (χ3n) is 3.56. The van der Waals surface area contributed by atoms with E-state index in [4.69, 9.17) is 4.74 Å². The molecule has 2 aromatic carbocycles. The number of carbonyl (C=O) groups is 1. The van der Waals surface area contributed by atoms with E-state index in [1.807, 2.05) is 85.2 Å². The van der Waals surface area contributed by atoms with E-state index in [0.29, 0.717) is 0 Å². The van der Waals surface area contributed by atoms with Gasteiger partial charge in [-0.05, 0) is 37.6 Å². The van der Waals surface area contributed by atoms with Crippen LogP contribution in [-0.4, -0.2) is 21.6 Å². The molecule has 3 rings (SSSR count). The Kier molecular flexibility index (Phi) is 4.75. The van der Waals surface area contributed by atoms with Crippen molar-refractivity contribution in [3.8, 4) is 0 Å². The number of imidazole rings is 1. The van der Waals surface area contributed by atoms with E-state index in [9.17, 15) is 4.79 Å². The molecule has 0 aliphatic heterocycles. The summed E-state index contributed by atoms with van der Waals surface area (Å²) in [4.78, 5) is 16.7. The van der Waals surface area contributed by atoms with E-state index >= 15 is 0 Å². The van der Waals surface area contributed by atoms with Crippen molar-refractivity contribution in [2.24, 2.45) is 0 Å². The van der Waals surface area contributed by atoms with Crippen molar-refractivity contribution in [1.29, 1.82) is 0 Å². The first-order valence-electron chi connectivity index (χ1n) is 8.01. The lowest BCUT2D eigenvalue weighted by atomic mass is 10.2. The summed E-state index contributed by atoms with van der Waals surface area (Å²) in [5, 5.41) is 0. The second-order valence-electron chi connectivity index (χ2n) is 5.83. The van der Waals surface area contributed by atoms with Crippen molar-refractivity contribution in [1.82, 2.24) is 9.55 Å². The van der Waals surface area contributed by atoms with Crippen LogP contribution in [0, 0.1) is 0 Å². The molecule has 0 fully saturated rings. The maximum atomic E-state index is 12.1. The smallest absolute Gasteiger partial charge is 0.326 e. The number of para-hydroxylation sites is 2. The van der Waals surface area contributed by atoms with Crippen LogP contribution in [0.3, 0.4) is 0 Å². The lowest BCUT2D eigenvalue weighted by Crippen LogP contribution is -2.18. The third-order valence-corrected chi connectivity index (χ3v) is 3.56. The molecule has 0 saturated heterocycles. The molecule has 0 unspecified atom stereocenters. The Bertz CT molecular complexity index is 864. The van der Waals surface area contributed by atoms with Crippen molar-refractivity contribution < 1.29 is 9.53 Å². The van der Waals surface area contributed by atoms with E-state index in [-0.39, 0.29) is 18.6 Å². The summed E-state index contributed by atoms with van der Waals surface area (Å²) in [7, 11) is 0. The zero-order valence-corrected chi connectivity index (χ0v) is 13.8. The number of carbonyl (C=O) groups excluding carboxylic acids is 1. The van der Waals surface area contributed by atoms with Gasteiger partial charge in [-0.2, -0.15) is 0 Å². The number of nitrogens with zero attached hydrogens (tertiary/aromatic N) is 2. The number of ether oxygens (including phenoxy) is 1. The minimum Gasteiger partial charge on any atom is -0.462 e. The molecule has 0 atom stereocenters. The highest BCUT2D eigenvalue weighted by Gasteiger charge is 2.13. The molecule has 1 aromatic heterocycles. The average molecular weight is 320 g/mol. The Labute approximate surface area is 141 Å². The van der Waals surface area contributed by atoms with Gasteiger partial charge in [-0.25, -0.2) is 4.98 Å². The maximum absolute atomic E-state index is 12.1. The molecule has 0 aliphatic carbocycles. The molecule has 122 valence electrons. The molecular formula is C20H20N2O2. The Morgan fingerprint density at radius 2 is 1.79 bits per heavy atom. The van der Waals surface area contributed by atoms with E-state index in [2.05, 4.69) is 4.98 Å². The average Bonchev–Trinajstić information content (AvgIpc) is 2.91. The van der Waals surface area contributed by atoms with Crippen molar-refractivity contribution in [2.75, 3.05) is 0 Å². The molecule has 0 radical (unpaired) electrons.